The molecule has 0 aromatic rings. The molecule has 27 heavy (non-hydrogen) atoms. The smallest absolute Gasteiger partial charge is 0.659 e. The first kappa shape index (κ1) is 29.8. The van der Waals surface area contributed by atoms with Crippen LogP contribution in [-0.4, -0.2) is 37.8 Å². The molecule has 3 rings (SSSR count). The van der Waals surface area contributed by atoms with E-state index in [1.165, 1.54) is 64.1 Å². The number of nitrogens with zero attached hydrogens (tertiary/aromatic N) is 2. The van der Waals surface area contributed by atoms with Crippen molar-refractivity contribution < 1.29 is 21.7 Å². The molecule has 0 spiro atoms. The normalized spacial score (nSPS) is 27.4. The molecule has 0 amide bonds. The van der Waals surface area contributed by atoms with Crippen LogP contribution in [-0.2, 0) is 21.7 Å². The molecule has 4 heteroatoms. The second-order valence-corrected chi connectivity index (χ2v) is 13.6. The number of likely N-dealkylation sites (tertiary alicyclic amines) is 1. The second kappa shape index (κ2) is 11.7. The van der Waals surface area contributed by atoms with Crippen molar-refractivity contribution in [3.63, 3.8) is 0 Å². The first-order valence-corrected chi connectivity index (χ1v) is 12.8. The van der Waals surface area contributed by atoms with Crippen molar-refractivity contribution in [3.8, 4) is 0 Å². The monoisotopic (exact) mass is 426 g/mol. The minimum atomic E-state index is -1.59. The molecule has 0 aromatic heterocycles. The summed E-state index contributed by atoms with van der Waals surface area (Å²) >= 11 is 0. The number of rotatable bonds is 4. The minimum Gasteiger partial charge on any atom is -0.659 e. The van der Waals surface area contributed by atoms with Gasteiger partial charge in [0.05, 0.1) is 0 Å². The zero-order chi connectivity index (χ0) is 16.7. The maximum Gasteiger partial charge on any atom is 4.00 e. The summed E-state index contributed by atoms with van der Waals surface area (Å²) in [7, 11) is -1.59. The summed E-state index contributed by atoms with van der Waals surface area (Å²) in [6.45, 7) is 14.6. The Hall–Kier alpha value is 0.591. The molecule has 3 atom stereocenters. The third-order valence-electron chi connectivity index (χ3n) is 6.48. The molecule has 1 fully saturated rings. The van der Waals surface area contributed by atoms with E-state index in [4.69, 9.17) is 4.98 Å². The molecule has 0 saturated carbocycles. The van der Waals surface area contributed by atoms with E-state index in [-0.39, 0.29) is 49.5 Å². The summed E-state index contributed by atoms with van der Waals surface area (Å²) in [5, 5.41) is 0. The van der Waals surface area contributed by atoms with Crippen LogP contribution in [0.5, 0.6) is 0 Å². The van der Waals surface area contributed by atoms with Gasteiger partial charge in [0.15, 0.2) is 0 Å². The van der Waals surface area contributed by atoms with E-state index in [1.807, 2.05) is 11.1 Å². The predicted molar refractivity (Wildman–Crippen MR) is 123 cm³/mol. The van der Waals surface area contributed by atoms with Gasteiger partial charge in [-0.15, -0.1) is 5.54 Å². The van der Waals surface area contributed by atoms with Gasteiger partial charge in [0, 0.05) is 6.04 Å². The fourth-order valence-electron chi connectivity index (χ4n) is 5.46. The molecule has 1 heterocycles. The van der Waals surface area contributed by atoms with Crippen LogP contribution in [0.3, 0.4) is 0 Å². The van der Waals surface area contributed by atoms with Crippen molar-refractivity contribution in [1.82, 2.24) is 4.90 Å². The zero-order valence-electron chi connectivity index (χ0n) is 19.6. The summed E-state index contributed by atoms with van der Waals surface area (Å²) in [4.78, 5) is 8.30. The standard InChI is InChI=1S/C20H37N2Si.3CH3.Ti/c1-6-23(5,21-20(2,3)4)19-15-18(22-13-9-10-14-22)16-11-7-8-12-17(16)19;;;;/h18-19H,6-15H2,1-5H3;3*1H3;/q4*-1;+4/t18?,19?,23-;;;;/m0..../s1. The zero-order valence-corrected chi connectivity index (χ0v) is 22.2. The molecule has 0 bridgehead atoms. The molecule has 0 N–H and O–H groups in total. The average Bonchev–Trinajstić information content (AvgIpc) is 3.12. The summed E-state index contributed by atoms with van der Waals surface area (Å²) in [6.07, 6.45) is 9.85. The van der Waals surface area contributed by atoms with Gasteiger partial charge in [-0.3, -0.25) is 4.90 Å². The maximum atomic E-state index is 5.48. The van der Waals surface area contributed by atoms with Crippen LogP contribution in [0.1, 0.15) is 72.6 Å². The molecule has 2 nitrogen and oxygen atoms in total. The predicted octanol–water partition coefficient (Wildman–Crippen LogP) is 7.21. The van der Waals surface area contributed by atoms with Crippen LogP contribution in [0.25, 0.3) is 4.98 Å². The summed E-state index contributed by atoms with van der Waals surface area (Å²) in [6, 6.07) is 2.09. The van der Waals surface area contributed by atoms with E-state index in [0.29, 0.717) is 0 Å². The molecular formula is C23H46N2SiTi. The van der Waals surface area contributed by atoms with Gasteiger partial charge >= 0.3 is 21.7 Å². The number of hydrogen-bond acceptors (Lipinski definition) is 1. The molecule has 2 aliphatic carbocycles. The van der Waals surface area contributed by atoms with Crippen LogP contribution in [0.4, 0.5) is 0 Å². The third kappa shape index (κ3) is 6.54. The Morgan fingerprint density at radius 1 is 0.963 bits per heavy atom. The van der Waals surface area contributed by atoms with E-state index in [9.17, 15) is 0 Å². The van der Waals surface area contributed by atoms with Crippen molar-refractivity contribution in [2.75, 3.05) is 13.1 Å². The van der Waals surface area contributed by atoms with Gasteiger partial charge in [0.1, 0.15) is 0 Å². The van der Waals surface area contributed by atoms with E-state index in [0.717, 1.165) is 11.6 Å². The molecule has 2 unspecified atom stereocenters. The van der Waals surface area contributed by atoms with E-state index >= 15 is 0 Å². The second-order valence-electron chi connectivity index (χ2n) is 9.30. The van der Waals surface area contributed by atoms with Gasteiger partial charge in [-0.25, -0.2) is 0 Å². The van der Waals surface area contributed by atoms with Crippen LogP contribution < -0.4 is 0 Å². The van der Waals surface area contributed by atoms with Gasteiger partial charge in [-0.2, -0.15) is 0 Å². The summed E-state index contributed by atoms with van der Waals surface area (Å²) in [5.74, 6) is 0. The fraction of sp³-hybridized carbons (Fsp3) is 0.783. The Bertz CT molecular complexity index is 465. The average molecular weight is 427 g/mol. The molecule has 1 aliphatic heterocycles. The van der Waals surface area contributed by atoms with Gasteiger partial charge < -0.3 is 27.3 Å². The van der Waals surface area contributed by atoms with E-state index in [2.05, 4.69) is 39.1 Å². The maximum absolute atomic E-state index is 5.48. The van der Waals surface area contributed by atoms with Gasteiger partial charge in [0.25, 0.3) is 0 Å². The summed E-state index contributed by atoms with van der Waals surface area (Å²) < 4.78 is 0. The molecule has 0 radical (unpaired) electrons. The Labute approximate surface area is 188 Å². The van der Waals surface area contributed by atoms with Crippen LogP contribution in [0.15, 0.2) is 11.1 Å². The van der Waals surface area contributed by atoms with Crippen molar-refractivity contribution in [2.24, 2.45) is 0 Å². The van der Waals surface area contributed by atoms with Crippen LogP contribution in [0, 0.1) is 22.3 Å². The van der Waals surface area contributed by atoms with Gasteiger partial charge in [-0.05, 0) is 63.6 Å². The Kier molecular flexibility index (Phi) is 12.9. The molecule has 1 saturated heterocycles. The Morgan fingerprint density at radius 3 is 1.96 bits per heavy atom. The minimum absolute atomic E-state index is 0. The molecular weight excluding hydrogens is 380 g/mol. The fourth-order valence-corrected chi connectivity index (χ4v) is 9.61. The van der Waals surface area contributed by atoms with E-state index in [1.54, 1.807) is 0 Å². The number of allylic oxidation sites excluding steroid dienone is 1. The Morgan fingerprint density at radius 2 is 1.48 bits per heavy atom. The van der Waals surface area contributed by atoms with Crippen molar-refractivity contribution in [2.45, 2.75) is 102 Å². The first-order chi connectivity index (χ1) is 10.8. The largest absolute Gasteiger partial charge is 4.00 e. The molecule has 156 valence electrons. The molecule has 3 aliphatic rings. The summed E-state index contributed by atoms with van der Waals surface area (Å²) in [5.41, 5.74) is 4.71. The number of hydrogen-bond donors (Lipinski definition) is 0. The Balaban J connectivity index is 0. The topological polar surface area (TPSA) is 17.3 Å². The van der Waals surface area contributed by atoms with E-state index < -0.39 is 8.24 Å². The van der Waals surface area contributed by atoms with Crippen molar-refractivity contribution in [1.29, 1.82) is 0 Å². The van der Waals surface area contributed by atoms with Crippen LogP contribution >= 0.6 is 0 Å². The van der Waals surface area contributed by atoms with Gasteiger partial charge in [0.2, 0.25) is 0 Å². The van der Waals surface area contributed by atoms with Crippen LogP contribution in [0.2, 0.25) is 18.1 Å². The van der Waals surface area contributed by atoms with Gasteiger partial charge in [-0.1, -0.05) is 59.7 Å². The third-order valence-corrected chi connectivity index (χ3v) is 11.2. The SMILES string of the molecule is CC[Si@](C)([N-]C(C)(C)C)C1CC(N2CCCC2)C2=C1CCCC2.[CH3-].[CH3-].[CH3-].[Ti+4]. The first-order valence-electron chi connectivity index (χ1n) is 10.0. The van der Waals surface area contributed by atoms with Crippen molar-refractivity contribution >= 4 is 8.24 Å². The quantitative estimate of drug-likeness (QED) is 0.264. The van der Waals surface area contributed by atoms with Crippen molar-refractivity contribution in [3.05, 3.63) is 38.4 Å². The molecule has 0 aromatic carbocycles.